The zero-order valence-corrected chi connectivity index (χ0v) is 26.0. The first-order valence-corrected chi connectivity index (χ1v) is 15.0. The smallest absolute Gasteiger partial charge is 0.410 e. The number of benzene rings is 1. The number of amides is 3. The molecule has 3 aliphatic heterocycles. The van der Waals surface area contributed by atoms with E-state index in [2.05, 4.69) is 10.3 Å². The summed E-state index contributed by atoms with van der Waals surface area (Å²) in [4.78, 5) is 49.2. The van der Waals surface area contributed by atoms with Crippen LogP contribution >= 0.6 is 0 Å². The summed E-state index contributed by atoms with van der Waals surface area (Å²) in [5.41, 5.74) is 0.318. The number of ether oxygens (including phenoxy) is 5. The standard InChI is InChI=1S/C32H42N4O8/c1-32(2,3)34-28(37)27(20-7-6-13-33-18-20)36(29(38)23-9-8-22(40-4)17-25(23)41-5)21-10-14-35(15-11-21)31(39)44-26-19-43-30-24(26)12-16-42-30/h6-9,13,17-18,21,24,26-27,30H,10-12,14-16,19H2,1-5H3,(H,34,37)/t24-,26-,27?,30+/m0/s1. The highest BCUT2D eigenvalue weighted by molar-refractivity contribution is 6.00. The summed E-state index contributed by atoms with van der Waals surface area (Å²) in [7, 11) is 3.02. The Kier molecular flexibility index (Phi) is 9.59. The first kappa shape index (κ1) is 31.5. The van der Waals surface area contributed by atoms with Crippen molar-refractivity contribution in [3.63, 3.8) is 0 Å². The van der Waals surface area contributed by atoms with E-state index in [4.69, 9.17) is 23.7 Å². The Labute approximate surface area is 257 Å². The molecule has 0 spiro atoms. The minimum absolute atomic E-state index is 0.0469. The average molecular weight is 611 g/mol. The van der Waals surface area contributed by atoms with E-state index in [-0.39, 0.29) is 36.2 Å². The molecule has 0 aliphatic carbocycles. The minimum atomic E-state index is -0.985. The Bertz CT molecular complexity index is 1330. The van der Waals surface area contributed by atoms with Crippen molar-refractivity contribution in [2.45, 2.75) is 70.1 Å². The van der Waals surface area contributed by atoms with Crippen molar-refractivity contribution in [2.24, 2.45) is 5.92 Å². The lowest BCUT2D eigenvalue weighted by atomic mass is 9.95. The third-order valence-corrected chi connectivity index (χ3v) is 8.25. The molecule has 4 heterocycles. The number of fused-ring (bicyclic) bond motifs is 1. The molecule has 1 aromatic heterocycles. The van der Waals surface area contributed by atoms with Crippen LogP contribution in [0.1, 0.15) is 62.0 Å². The van der Waals surface area contributed by atoms with Gasteiger partial charge in [-0.15, -0.1) is 0 Å². The molecule has 238 valence electrons. The van der Waals surface area contributed by atoms with Crippen molar-refractivity contribution in [1.29, 1.82) is 0 Å². The van der Waals surface area contributed by atoms with E-state index < -0.39 is 17.7 Å². The summed E-state index contributed by atoms with van der Waals surface area (Å²) in [6.45, 7) is 7.30. The number of rotatable bonds is 8. The fourth-order valence-corrected chi connectivity index (χ4v) is 6.10. The largest absolute Gasteiger partial charge is 0.497 e. The fraction of sp³-hybridized carbons (Fsp3) is 0.562. The SMILES string of the molecule is COc1ccc(C(=O)N(C2CCN(C(=O)O[C@H]3CO[C@H]4OCC[C@H]43)CC2)C(C(=O)NC(C)(C)C)c2cccnc2)c(OC)c1. The van der Waals surface area contributed by atoms with Gasteiger partial charge in [0, 0.05) is 48.7 Å². The van der Waals surface area contributed by atoms with E-state index in [1.54, 1.807) is 52.5 Å². The van der Waals surface area contributed by atoms with Crippen molar-refractivity contribution in [1.82, 2.24) is 20.1 Å². The number of hydrogen-bond donors (Lipinski definition) is 1. The topological polar surface area (TPSA) is 129 Å². The van der Waals surface area contributed by atoms with Crippen LogP contribution in [0.15, 0.2) is 42.7 Å². The number of aromatic nitrogens is 1. The molecule has 12 heteroatoms. The van der Waals surface area contributed by atoms with Crippen molar-refractivity contribution >= 4 is 17.9 Å². The first-order chi connectivity index (χ1) is 21.1. The normalized spacial score (nSPS) is 22.6. The lowest BCUT2D eigenvalue weighted by Crippen LogP contribution is -2.55. The van der Waals surface area contributed by atoms with Crippen LogP contribution in [0.5, 0.6) is 11.5 Å². The Morgan fingerprint density at radius 2 is 1.84 bits per heavy atom. The molecular weight excluding hydrogens is 568 g/mol. The molecule has 12 nitrogen and oxygen atoms in total. The zero-order valence-electron chi connectivity index (χ0n) is 26.0. The summed E-state index contributed by atoms with van der Waals surface area (Å²) in [5, 5.41) is 3.06. The van der Waals surface area contributed by atoms with Gasteiger partial charge in [-0.1, -0.05) is 6.07 Å². The van der Waals surface area contributed by atoms with Crippen molar-refractivity contribution in [3.8, 4) is 11.5 Å². The predicted octanol–water partition coefficient (Wildman–Crippen LogP) is 3.56. The Morgan fingerprint density at radius 1 is 1.07 bits per heavy atom. The number of carbonyl (C=O) groups is 3. The maximum Gasteiger partial charge on any atom is 0.410 e. The van der Waals surface area contributed by atoms with E-state index >= 15 is 0 Å². The van der Waals surface area contributed by atoms with Gasteiger partial charge in [-0.25, -0.2) is 4.79 Å². The van der Waals surface area contributed by atoms with E-state index in [1.165, 1.54) is 14.2 Å². The summed E-state index contributed by atoms with van der Waals surface area (Å²) in [5.74, 6) is 0.205. The van der Waals surface area contributed by atoms with Gasteiger partial charge in [0.05, 0.1) is 38.9 Å². The Hall–Kier alpha value is -3.90. The van der Waals surface area contributed by atoms with Gasteiger partial charge in [-0.2, -0.15) is 0 Å². The minimum Gasteiger partial charge on any atom is -0.497 e. The highest BCUT2D eigenvalue weighted by Crippen LogP contribution is 2.35. The van der Waals surface area contributed by atoms with Gasteiger partial charge >= 0.3 is 6.09 Å². The second-order valence-electron chi connectivity index (χ2n) is 12.4. The van der Waals surface area contributed by atoms with Crippen LogP contribution in [-0.4, -0.2) is 97.2 Å². The summed E-state index contributed by atoms with van der Waals surface area (Å²) in [6, 6.07) is 7.15. The Morgan fingerprint density at radius 3 is 2.50 bits per heavy atom. The van der Waals surface area contributed by atoms with Crippen LogP contribution in [0.3, 0.4) is 0 Å². The van der Waals surface area contributed by atoms with E-state index in [0.29, 0.717) is 61.8 Å². The molecule has 0 bridgehead atoms. The predicted molar refractivity (Wildman–Crippen MR) is 159 cm³/mol. The van der Waals surface area contributed by atoms with Crippen LogP contribution in [0.4, 0.5) is 4.79 Å². The molecule has 3 fully saturated rings. The number of likely N-dealkylation sites (tertiary alicyclic amines) is 1. The van der Waals surface area contributed by atoms with Crippen LogP contribution in [0.25, 0.3) is 0 Å². The molecule has 3 saturated heterocycles. The average Bonchev–Trinajstić information content (AvgIpc) is 3.64. The van der Waals surface area contributed by atoms with Gasteiger partial charge in [0.1, 0.15) is 23.6 Å². The van der Waals surface area contributed by atoms with Crippen molar-refractivity contribution in [3.05, 3.63) is 53.9 Å². The van der Waals surface area contributed by atoms with E-state index in [0.717, 1.165) is 6.42 Å². The maximum absolute atomic E-state index is 14.5. The highest BCUT2D eigenvalue weighted by atomic mass is 16.7. The van der Waals surface area contributed by atoms with E-state index in [1.807, 2.05) is 20.8 Å². The van der Waals surface area contributed by atoms with Crippen LogP contribution < -0.4 is 14.8 Å². The van der Waals surface area contributed by atoms with E-state index in [9.17, 15) is 14.4 Å². The molecule has 1 unspecified atom stereocenters. The summed E-state index contributed by atoms with van der Waals surface area (Å²) >= 11 is 0. The third kappa shape index (κ3) is 6.91. The summed E-state index contributed by atoms with van der Waals surface area (Å²) < 4.78 is 28.0. The van der Waals surface area contributed by atoms with Gasteiger partial charge in [0.2, 0.25) is 5.91 Å². The van der Waals surface area contributed by atoms with Crippen LogP contribution in [0, 0.1) is 5.92 Å². The second kappa shape index (κ2) is 13.4. The first-order valence-electron chi connectivity index (χ1n) is 15.0. The molecule has 5 rings (SSSR count). The van der Waals surface area contributed by atoms with Crippen LogP contribution in [-0.2, 0) is 19.0 Å². The molecule has 4 atom stereocenters. The zero-order chi connectivity index (χ0) is 31.4. The highest BCUT2D eigenvalue weighted by Gasteiger charge is 2.45. The number of hydrogen-bond acceptors (Lipinski definition) is 9. The molecule has 3 aliphatic rings. The van der Waals surface area contributed by atoms with Gasteiger partial charge in [-0.05, 0) is 58.2 Å². The number of nitrogens with zero attached hydrogens (tertiary/aromatic N) is 3. The quantitative estimate of drug-likeness (QED) is 0.477. The molecule has 2 aromatic rings. The Balaban J connectivity index is 1.42. The molecule has 0 saturated carbocycles. The second-order valence-corrected chi connectivity index (χ2v) is 12.4. The fourth-order valence-electron chi connectivity index (χ4n) is 6.10. The molecular formula is C32H42N4O8. The maximum atomic E-state index is 14.5. The lowest BCUT2D eigenvalue weighted by Gasteiger charge is -2.42. The molecule has 3 amide bonds. The van der Waals surface area contributed by atoms with Gasteiger partial charge in [-0.3, -0.25) is 14.6 Å². The number of pyridine rings is 1. The number of nitrogens with one attached hydrogen (secondary N) is 1. The third-order valence-electron chi connectivity index (χ3n) is 8.25. The van der Waals surface area contributed by atoms with Gasteiger partial charge in [0.15, 0.2) is 6.29 Å². The van der Waals surface area contributed by atoms with Gasteiger partial charge in [0.25, 0.3) is 5.91 Å². The lowest BCUT2D eigenvalue weighted by molar-refractivity contribution is -0.128. The van der Waals surface area contributed by atoms with Crippen LogP contribution in [0.2, 0.25) is 0 Å². The molecule has 0 radical (unpaired) electrons. The van der Waals surface area contributed by atoms with Gasteiger partial charge < -0.3 is 38.8 Å². The summed E-state index contributed by atoms with van der Waals surface area (Å²) in [6.07, 6.45) is 3.84. The molecule has 1 aromatic carbocycles. The molecule has 1 N–H and O–H groups in total. The van der Waals surface area contributed by atoms with Crippen molar-refractivity contribution in [2.75, 3.05) is 40.5 Å². The number of carbonyl (C=O) groups excluding carboxylic acids is 3. The van der Waals surface area contributed by atoms with Crippen molar-refractivity contribution < 1.29 is 38.1 Å². The monoisotopic (exact) mass is 610 g/mol. The number of methoxy groups -OCH3 is 2. The molecule has 44 heavy (non-hydrogen) atoms. The number of piperidine rings is 1.